The summed E-state index contributed by atoms with van der Waals surface area (Å²) in [5, 5.41) is 0. The van der Waals surface area contributed by atoms with Crippen molar-refractivity contribution >= 4 is 43.2 Å². The van der Waals surface area contributed by atoms with Crippen LogP contribution in [0.25, 0.3) is 0 Å². The van der Waals surface area contributed by atoms with Crippen molar-refractivity contribution in [1.29, 1.82) is 0 Å². The van der Waals surface area contributed by atoms with E-state index in [1.807, 2.05) is 11.3 Å². The van der Waals surface area contributed by atoms with Crippen LogP contribution in [0.2, 0.25) is 0 Å². The van der Waals surface area contributed by atoms with E-state index < -0.39 is 0 Å². The summed E-state index contributed by atoms with van der Waals surface area (Å²) in [6, 6.07) is 4.33. The lowest BCUT2D eigenvalue weighted by Gasteiger charge is -2.25. The molecule has 0 aliphatic rings. The zero-order chi connectivity index (χ0) is 10.8. The zero-order valence-corrected chi connectivity index (χ0v) is 12.8. The third kappa shape index (κ3) is 4.03. The molecule has 14 heavy (non-hydrogen) atoms. The molecule has 0 fully saturated rings. The Morgan fingerprint density at radius 1 is 1.36 bits per heavy atom. The molecule has 1 aromatic heterocycles. The van der Waals surface area contributed by atoms with E-state index in [2.05, 4.69) is 64.8 Å². The van der Waals surface area contributed by atoms with E-state index in [0.29, 0.717) is 10.2 Å². The first kappa shape index (κ1) is 12.7. The molecule has 0 spiro atoms. The first-order valence-electron chi connectivity index (χ1n) is 4.78. The van der Waals surface area contributed by atoms with Crippen LogP contribution in [0.1, 0.15) is 32.1 Å². The molecule has 1 heterocycles. The van der Waals surface area contributed by atoms with E-state index in [-0.39, 0.29) is 0 Å². The Hall–Kier alpha value is 0.660. The largest absolute Gasteiger partial charge is 0.133 e. The van der Waals surface area contributed by atoms with Crippen LogP contribution in [-0.4, -0.2) is 4.83 Å². The van der Waals surface area contributed by atoms with E-state index in [4.69, 9.17) is 0 Å². The number of hydrogen-bond acceptors (Lipinski definition) is 1. The fourth-order valence-electron chi connectivity index (χ4n) is 1.19. The van der Waals surface area contributed by atoms with Crippen LogP contribution in [0.4, 0.5) is 0 Å². The third-order valence-electron chi connectivity index (χ3n) is 2.21. The summed E-state index contributed by atoms with van der Waals surface area (Å²) >= 11 is 9.08. The molecule has 0 bridgehead atoms. The summed E-state index contributed by atoms with van der Waals surface area (Å²) < 4.78 is 1.23. The Balaban J connectivity index is 2.41. The van der Waals surface area contributed by atoms with E-state index in [1.165, 1.54) is 21.5 Å². The Bertz CT molecular complexity index is 286. The van der Waals surface area contributed by atoms with Gasteiger partial charge < -0.3 is 0 Å². The monoisotopic (exact) mass is 338 g/mol. The van der Waals surface area contributed by atoms with Gasteiger partial charge in [0.05, 0.1) is 3.79 Å². The fourth-order valence-corrected chi connectivity index (χ4v) is 2.92. The minimum Gasteiger partial charge on any atom is -0.133 e. The van der Waals surface area contributed by atoms with Crippen LogP contribution in [0.3, 0.4) is 0 Å². The van der Waals surface area contributed by atoms with Crippen molar-refractivity contribution in [2.75, 3.05) is 0 Å². The standard InChI is InChI=1S/C11H16Br2S/c1-11(2,3)9(12)6-4-8-5-7-10(13)14-8/h5,7,9H,4,6H2,1-3H3. The molecule has 0 aliphatic carbocycles. The molecule has 80 valence electrons. The minimum atomic E-state index is 0.356. The highest BCUT2D eigenvalue weighted by atomic mass is 79.9. The van der Waals surface area contributed by atoms with Crippen LogP contribution in [0.5, 0.6) is 0 Å². The topological polar surface area (TPSA) is 0 Å². The molecular formula is C11H16Br2S. The summed E-state index contributed by atoms with van der Waals surface area (Å²) in [6.07, 6.45) is 2.37. The molecule has 1 rings (SSSR count). The lowest BCUT2D eigenvalue weighted by molar-refractivity contribution is 0.386. The zero-order valence-electron chi connectivity index (χ0n) is 8.81. The van der Waals surface area contributed by atoms with Crippen LogP contribution in [0.15, 0.2) is 15.9 Å². The van der Waals surface area contributed by atoms with Gasteiger partial charge in [-0.25, -0.2) is 0 Å². The van der Waals surface area contributed by atoms with Gasteiger partial charge in [0.2, 0.25) is 0 Å². The van der Waals surface area contributed by atoms with Crippen LogP contribution in [0, 0.1) is 5.41 Å². The maximum absolute atomic E-state index is 3.76. The molecule has 0 saturated carbocycles. The van der Waals surface area contributed by atoms with E-state index in [9.17, 15) is 0 Å². The number of hydrogen-bond donors (Lipinski definition) is 0. The molecule has 0 aromatic carbocycles. The van der Waals surface area contributed by atoms with Crippen LogP contribution < -0.4 is 0 Å². The SMILES string of the molecule is CC(C)(C)C(Br)CCc1ccc(Br)s1. The molecule has 0 aliphatic heterocycles. The number of alkyl halides is 1. The molecule has 0 radical (unpaired) electrons. The van der Waals surface area contributed by atoms with E-state index in [1.54, 1.807) is 0 Å². The second kappa shape index (κ2) is 5.13. The summed E-state index contributed by atoms with van der Waals surface area (Å²) in [5.41, 5.74) is 0.356. The fraction of sp³-hybridized carbons (Fsp3) is 0.636. The van der Waals surface area contributed by atoms with E-state index in [0.717, 1.165) is 0 Å². The average molecular weight is 340 g/mol. The maximum atomic E-state index is 3.76. The van der Waals surface area contributed by atoms with Crippen molar-refractivity contribution in [2.24, 2.45) is 5.41 Å². The van der Waals surface area contributed by atoms with Gasteiger partial charge in [0, 0.05) is 9.70 Å². The van der Waals surface area contributed by atoms with Crippen molar-refractivity contribution < 1.29 is 0 Å². The third-order valence-corrected chi connectivity index (χ3v) is 5.73. The molecule has 3 heteroatoms. The highest BCUT2D eigenvalue weighted by molar-refractivity contribution is 9.11. The van der Waals surface area contributed by atoms with Crippen molar-refractivity contribution in [3.05, 3.63) is 20.8 Å². The Morgan fingerprint density at radius 2 is 2.00 bits per heavy atom. The second-order valence-corrected chi connectivity index (χ2v) is 8.23. The predicted molar refractivity (Wildman–Crippen MR) is 72.5 cm³/mol. The quantitative estimate of drug-likeness (QED) is 0.659. The Labute approximate surface area is 107 Å². The predicted octanol–water partition coefficient (Wildman–Crippen LogP) is 5.25. The molecule has 0 nitrogen and oxygen atoms in total. The first-order chi connectivity index (χ1) is 6.39. The van der Waals surface area contributed by atoms with Gasteiger partial charge in [-0.15, -0.1) is 11.3 Å². The molecule has 0 N–H and O–H groups in total. The molecule has 1 unspecified atom stereocenters. The minimum absolute atomic E-state index is 0.356. The number of thiophene rings is 1. The molecule has 1 aromatic rings. The summed E-state index contributed by atoms with van der Waals surface area (Å²) in [7, 11) is 0. The van der Waals surface area contributed by atoms with Crippen LogP contribution in [-0.2, 0) is 6.42 Å². The normalized spacial score (nSPS) is 14.4. The van der Waals surface area contributed by atoms with Gasteiger partial charge in [0.1, 0.15) is 0 Å². The number of rotatable bonds is 3. The first-order valence-corrected chi connectivity index (χ1v) is 7.30. The lowest BCUT2D eigenvalue weighted by Crippen LogP contribution is -2.20. The van der Waals surface area contributed by atoms with Crippen LogP contribution >= 0.6 is 43.2 Å². The van der Waals surface area contributed by atoms with Gasteiger partial charge >= 0.3 is 0 Å². The Morgan fingerprint density at radius 3 is 2.43 bits per heavy atom. The lowest BCUT2D eigenvalue weighted by atomic mass is 9.89. The maximum Gasteiger partial charge on any atom is 0.0701 e. The van der Waals surface area contributed by atoms with Gasteiger partial charge in [0.15, 0.2) is 0 Å². The van der Waals surface area contributed by atoms with Crippen molar-refractivity contribution in [2.45, 2.75) is 38.4 Å². The van der Waals surface area contributed by atoms with Crippen molar-refractivity contribution in [3.63, 3.8) is 0 Å². The van der Waals surface area contributed by atoms with Gasteiger partial charge in [-0.05, 0) is 46.3 Å². The smallest absolute Gasteiger partial charge is 0.0701 e. The van der Waals surface area contributed by atoms with Gasteiger partial charge in [-0.3, -0.25) is 0 Å². The summed E-state index contributed by atoms with van der Waals surface area (Å²) in [5.74, 6) is 0. The highest BCUT2D eigenvalue weighted by Crippen LogP contribution is 2.31. The molecule has 0 amide bonds. The summed E-state index contributed by atoms with van der Waals surface area (Å²) in [4.78, 5) is 2.06. The number of aryl methyl sites for hydroxylation is 1. The van der Waals surface area contributed by atoms with Crippen molar-refractivity contribution in [3.8, 4) is 0 Å². The second-order valence-electron chi connectivity index (χ2n) is 4.58. The molecule has 0 saturated heterocycles. The van der Waals surface area contributed by atoms with Gasteiger partial charge in [0.25, 0.3) is 0 Å². The van der Waals surface area contributed by atoms with E-state index >= 15 is 0 Å². The molecular weight excluding hydrogens is 324 g/mol. The highest BCUT2D eigenvalue weighted by Gasteiger charge is 2.21. The van der Waals surface area contributed by atoms with Gasteiger partial charge in [-0.1, -0.05) is 36.7 Å². The van der Waals surface area contributed by atoms with Gasteiger partial charge in [-0.2, -0.15) is 0 Å². The Kier molecular flexibility index (Phi) is 4.66. The number of halogens is 2. The molecule has 1 atom stereocenters. The van der Waals surface area contributed by atoms with Crippen molar-refractivity contribution in [1.82, 2.24) is 0 Å². The summed E-state index contributed by atoms with van der Waals surface area (Å²) in [6.45, 7) is 6.82. The average Bonchev–Trinajstić information content (AvgIpc) is 2.45.